The Labute approximate surface area is 134 Å². The zero-order valence-corrected chi connectivity index (χ0v) is 14.2. The summed E-state index contributed by atoms with van der Waals surface area (Å²) in [4.78, 5) is 2.15. The second-order valence-corrected chi connectivity index (χ2v) is 6.36. The zero-order chi connectivity index (χ0) is 15.7. The van der Waals surface area contributed by atoms with Crippen LogP contribution in [-0.2, 0) is 0 Å². The first kappa shape index (κ1) is 18.2. The number of benzene rings is 1. The zero-order valence-electron chi connectivity index (χ0n) is 13.4. The maximum absolute atomic E-state index is 10.4. The van der Waals surface area contributed by atoms with Crippen molar-refractivity contribution >= 4 is 17.7 Å². The van der Waals surface area contributed by atoms with Gasteiger partial charge in [0.05, 0.1) is 6.10 Å². The molecule has 0 radical (unpaired) electrons. The third-order valence-corrected chi connectivity index (χ3v) is 3.87. The van der Waals surface area contributed by atoms with E-state index < -0.39 is 6.10 Å². The Balaban J connectivity index is 2.61. The number of halogens is 1. The molecule has 118 valence electrons. The van der Waals surface area contributed by atoms with E-state index in [2.05, 4.69) is 25.9 Å². The molecule has 0 fully saturated rings. The minimum Gasteiger partial charge on any atom is -0.389 e. The number of aliphatic hydroxyl groups is 1. The second kappa shape index (κ2) is 9.99. The largest absolute Gasteiger partial charge is 0.389 e. The van der Waals surface area contributed by atoms with Gasteiger partial charge in [-0.15, -0.1) is 0 Å². The molecule has 1 aromatic carbocycles. The summed E-state index contributed by atoms with van der Waals surface area (Å²) in [6.07, 6.45) is 8.18. The molecule has 2 atom stereocenters. The first-order valence-electron chi connectivity index (χ1n) is 7.79. The lowest BCUT2D eigenvalue weighted by Crippen LogP contribution is -2.30. The molecule has 0 spiro atoms. The number of unbranched alkanes of at least 4 members (excludes halogenated alkanes) is 2. The molecule has 0 heterocycles. The molecule has 0 amide bonds. The van der Waals surface area contributed by atoms with Crippen LogP contribution >= 0.6 is 11.6 Å². The van der Waals surface area contributed by atoms with Crippen LogP contribution in [0.2, 0.25) is 5.02 Å². The summed E-state index contributed by atoms with van der Waals surface area (Å²) in [7, 11) is 4.12. The molecule has 0 aliphatic rings. The molecule has 0 saturated heterocycles. The van der Waals surface area contributed by atoms with Crippen molar-refractivity contribution in [1.29, 1.82) is 0 Å². The molecule has 0 aliphatic carbocycles. The molecule has 2 unspecified atom stereocenters. The summed E-state index contributed by atoms with van der Waals surface area (Å²) >= 11 is 5.87. The van der Waals surface area contributed by atoms with Crippen LogP contribution in [0, 0.1) is 5.92 Å². The first-order chi connectivity index (χ1) is 10.0. The van der Waals surface area contributed by atoms with E-state index in [-0.39, 0.29) is 5.92 Å². The Kier molecular flexibility index (Phi) is 8.67. The van der Waals surface area contributed by atoms with E-state index >= 15 is 0 Å². The Bertz CT molecular complexity index is 414. The van der Waals surface area contributed by atoms with E-state index in [0.717, 1.165) is 23.6 Å². The summed E-state index contributed by atoms with van der Waals surface area (Å²) in [6, 6.07) is 7.66. The van der Waals surface area contributed by atoms with Gasteiger partial charge in [-0.25, -0.2) is 0 Å². The summed E-state index contributed by atoms with van der Waals surface area (Å²) in [6.45, 7) is 3.12. The predicted octanol–water partition coefficient (Wildman–Crippen LogP) is 4.47. The Morgan fingerprint density at radius 1 is 1.19 bits per heavy atom. The SMILES string of the molecule is CCCCCC(CN(C)C)C(O)C=Cc1ccc(Cl)cc1. The second-order valence-electron chi connectivity index (χ2n) is 5.92. The van der Waals surface area contributed by atoms with Crippen molar-refractivity contribution in [3.63, 3.8) is 0 Å². The van der Waals surface area contributed by atoms with Crippen LogP contribution < -0.4 is 0 Å². The first-order valence-corrected chi connectivity index (χ1v) is 8.17. The number of nitrogens with zero attached hydrogens (tertiary/aromatic N) is 1. The molecule has 2 nitrogen and oxygen atoms in total. The molecule has 1 rings (SSSR count). The maximum atomic E-state index is 10.4. The highest BCUT2D eigenvalue weighted by Crippen LogP contribution is 2.18. The number of hydrogen-bond donors (Lipinski definition) is 1. The smallest absolute Gasteiger partial charge is 0.0764 e. The van der Waals surface area contributed by atoms with Gasteiger partial charge in [-0.05, 0) is 38.2 Å². The fourth-order valence-electron chi connectivity index (χ4n) is 2.44. The molecule has 0 aromatic heterocycles. The summed E-state index contributed by atoms with van der Waals surface area (Å²) in [5, 5.41) is 11.2. The number of hydrogen-bond acceptors (Lipinski definition) is 2. The number of rotatable bonds is 9. The van der Waals surface area contributed by atoms with E-state index in [4.69, 9.17) is 11.6 Å². The minimum absolute atomic E-state index is 0.287. The molecule has 21 heavy (non-hydrogen) atoms. The fraction of sp³-hybridized carbons (Fsp3) is 0.556. The van der Waals surface area contributed by atoms with Gasteiger partial charge in [0.2, 0.25) is 0 Å². The Hall–Kier alpha value is -0.830. The van der Waals surface area contributed by atoms with Gasteiger partial charge in [0.1, 0.15) is 0 Å². The highest BCUT2D eigenvalue weighted by atomic mass is 35.5. The van der Waals surface area contributed by atoms with Crippen molar-refractivity contribution in [3.05, 3.63) is 40.9 Å². The van der Waals surface area contributed by atoms with E-state index in [0.29, 0.717) is 0 Å². The molecule has 3 heteroatoms. The average Bonchev–Trinajstić information content (AvgIpc) is 2.45. The van der Waals surface area contributed by atoms with E-state index in [1.54, 1.807) is 0 Å². The van der Waals surface area contributed by atoms with Gasteiger partial charge < -0.3 is 10.0 Å². The summed E-state index contributed by atoms with van der Waals surface area (Å²) in [5.74, 6) is 0.287. The lowest BCUT2D eigenvalue weighted by atomic mass is 9.94. The molecule has 1 N–H and O–H groups in total. The van der Waals surface area contributed by atoms with Crippen molar-refractivity contribution in [2.75, 3.05) is 20.6 Å². The van der Waals surface area contributed by atoms with Gasteiger partial charge in [-0.1, -0.05) is 62.1 Å². The molecule has 0 aliphatic heterocycles. The van der Waals surface area contributed by atoms with Crippen molar-refractivity contribution in [2.24, 2.45) is 5.92 Å². The van der Waals surface area contributed by atoms with Crippen LogP contribution in [0.1, 0.15) is 38.2 Å². The van der Waals surface area contributed by atoms with Crippen molar-refractivity contribution in [1.82, 2.24) is 4.90 Å². The Morgan fingerprint density at radius 3 is 2.43 bits per heavy atom. The fourth-order valence-corrected chi connectivity index (χ4v) is 2.56. The van der Waals surface area contributed by atoms with Crippen LogP contribution in [-0.4, -0.2) is 36.8 Å². The highest BCUT2D eigenvalue weighted by Gasteiger charge is 2.17. The monoisotopic (exact) mass is 309 g/mol. The predicted molar refractivity (Wildman–Crippen MR) is 92.7 cm³/mol. The Morgan fingerprint density at radius 2 is 1.86 bits per heavy atom. The quantitative estimate of drug-likeness (QED) is 0.680. The molecular formula is C18H28ClNO. The third kappa shape index (κ3) is 7.66. The van der Waals surface area contributed by atoms with E-state index in [1.807, 2.05) is 36.4 Å². The van der Waals surface area contributed by atoms with Crippen molar-refractivity contribution in [2.45, 2.75) is 38.7 Å². The normalized spacial score (nSPS) is 14.8. The minimum atomic E-state index is -0.403. The van der Waals surface area contributed by atoms with Crippen LogP contribution in [0.15, 0.2) is 30.3 Å². The van der Waals surface area contributed by atoms with Crippen LogP contribution in [0.5, 0.6) is 0 Å². The summed E-state index contributed by atoms with van der Waals surface area (Å²) in [5.41, 5.74) is 1.07. The van der Waals surface area contributed by atoms with Crippen LogP contribution in [0.3, 0.4) is 0 Å². The van der Waals surface area contributed by atoms with Crippen molar-refractivity contribution < 1.29 is 5.11 Å². The van der Waals surface area contributed by atoms with Gasteiger partial charge in [0.15, 0.2) is 0 Å². The van der Waals surface area contributed by atoms with Crippen molar-refractivity contribution in [3.8, 4) is 0 Å². The van der Waals surface area contributed by atoms with Gasteiger partial charge in [0, 0.05) is 17.5 Å². The van der Waals surface area contributed by atoms with Gasteiger partial charge >= 0.3 is 0 Å². The average molecular weight is 310 g/mol. The maximum Gasteiger partial charge on any atom is 0.0764 e. The molecule has 0 bridgehead atoms. The molecule has 1 aromatic rings. The van der Waals surface area contributed by atoms with Gasteiger partial charge in [-0.3, -0.25) is 0 Å². The summed E-state index contributed by atoms with van der Waals surface area (Å²) < 4.78 is 0. The molecule has 0 saturated carbocycles. The van der Waals surface area contributed by atoms with Crippen LogP contribution in [0.4, 0.5) is 0 Å². The third-order valence-electron chi connectivity index (χ3n) is 3.62. The van der Waals surface area contributed by atoms with Crippen LogP contribution in [0.25, 0.3) is 6.08 Å². The highest BCUT2D eigenvalue weighted by molar-refractivity contribution is 6.30. The van der Waals surface area contributed by atoms with E-state index in [1.165, 1.54) is 19.3 Å². The standard InChI is InChI=1S/C18H28ClNO/c1-4-5-6-7-16(14-20(2)3)18(21)13-10-15-8-11-17(19)12-9-15/h8-13,16,18,21H,4-7,14H2,1-3H3. The lowest BCUT2D eigenvalue weighted by molar-refractivity contribution is 0.122. The van der Waals surface area contributed by atoms with E-state index in [9.17, 15) is 5.11 Å². The lowest BCUT2D eigenvalue weighted by Gasteiger charge is -2.24. The molecular weight excluding hydrogens is 282 g/mol. The van der Waals surface area contributed by atoms with Gasteiger partial charge in [0.25, 0.3) is 0 Å². The topological polar surface area (TPSA) is 23.5 Å². The number of aliphatic hydroxyl groups excluding tert-OH is 1. The van der Waals surface area contributed by atoms with Gasteiger partial charge in [-0.2, -0.15) is 0 Å².